The topological polar surface area (TPSA) is 45.2 Å². The van der Waals surface area contributed by atoms with E-state index in [1.54, 1.807) is 30.1 Å². The van der Waals surface area contributed by atoms with Gasteiger partial charge in [0.15, 0.2) is 0 Å². The fourth-order valence-electron chi connectivity index (χ4n) is 3.62. The molecule has 1 aliphatic rings. The van der Waals surface area contributed by atoms with Gasteiger partial charge in [0.2, 0.25) is 5.91 Å². The molecule has 0 saturated carbocycles. The summed E-state index contributed by atoms with van der Waals surface area (Å²) in [7, 11) is 1.70. The van der Waals surface area contributed by atoms with Crippen LogP contribution >= 0.6 is 34.7 Å². The highest BCUT2D eigenvalue weighted by Crippen LogP contribution is 2.37. The Morgan fingerprint density at radius 3 is 2.58 bits per heavy atom. The highest BCUT2D eigenvalue weighted by atomic mass is 35.5. The second-order valence-electron chi connectivity index (χ2n) is 8.04. The highest BCUT2D eigenvalue weighted by molar-refractivity contribution is 8.00. The van der Waals surface area contributed by atoms with Gasteiger partial charge in [0, 0.05) is 48.6 Å². The fourth-order valence-corrected chi connectivity index (χ4v) is 5.68. The van der Waals surface area contributed by atoms with E-state index in [1.165, 1.54) is 5.56 Å². The molecule has 162 valence electrons. The SMILES string of the molecule is CNC(=O)C1CN(Cc2ccc(-c3ncc(-c4ccc(SC(C)C)c(Cl)c4)s3)cc2)C1. The largest absolute Gasteiger partial charge is 0.359 e. The van der Waals surface area contributed by atoms with Gasteiger partial charge in [-0.3, -0.25) is 9.69 Å². The molecule has 3 aromatic rings. The Hall–Kier alpha value is -1.86. The Labute approximate surface area is 197 Å². The first-order valence-electron chi connectivity index (χ1n) is 10.4. The first-order chi connectivity index (χ1) is 14.9. The molecule has 2 aromatic carbocycles. The van der Waals surface area contributed by atoms with Crippen LogP contribution in [-0.2, 0) is 11.3 Å². The number of rotatable bonds is 7. The number of thioether (sulfide) groups is 1. The normalized spacial score (nSPS) is 14.6. The summed E-state index contributed by atoms with van der Waals surface area (Å²) in [6, 6.07) is 14.8. The molecule has 1 amide bonds. The molecular formula is C24H26ClN3OS2. The van der Waals surface area contributed by atoms with Gasteiger partial charge in [-0.15, -0.1) is 23.1 Å². The van der Waals surface area contributed by atoms with Crippen molar-refractivity contribution in [3.63, 3.8) is 0 Å². The average molecular weight is 472 g/mol. The maximum Gasteiger partial charge on any atom is 0.225 e. The Morgan fingerprint density at radius 2 is 1.94 bits per heavy atom. The van der Waals surface area contributed by atoms with Crippen molar-refractivity contribution in [1.29, 1.82) is 0 Å². The van der Waals surface area contributed by atoms with Crippen LogP contribution in [0, 0.1) is 5.92 Å². The van der Waals surface area contributed by atoms with Gasteiger partial charge in [0.25, 0.3) is 0 Å². The number of nitrogens with zero attached hydrogens (tertiary/aromatic N) is 2. The summed E-state index contributed by atoms with van der Waals surface area (Å²) in [6.45, 7) is 6.86. The van der Waals surface area contributed by atoms with Crippen LogP contribution in [0.5, 0.6) is 0 Å². The first kappa shape index (κ1) is 22.3. The van der Waals surface area contributed by atoms with Crippen molar-refractivity contribution in [2.75, 3.05) is 20.1 Å². The van der Waals surface area contributed by atoms with Crippen molar-refractivity contribution in [1.82, 2.24) is 15.2 Å². The molecular weight excluding hydrogens is 446 g/mol. The Kier molecular flexibility index (Phi) is 7.02. The zero-order valence-electron chi connectivity index (χ0n) is 17.9. The molecule has 1 fully saturated rings. The van der Waals surface area contributed by atoms with E-state index in [0.717, 1.165) is 50.6 Å². The lowest BCUT2D eigenvalue weighted by Crippen LogP contribution is -2.52. The summed E-state index contributed by atoms with van der Waals surface area (Å²) >= 11 is 9.95. The van der Waals surface area contributed by atoms with Gasteiger partial charge in [-0.2, -0.15) is 0 Å². The lowest BCUT2D eigenvalue weighted by molar-refractivity contribution is -0.129. The molecule has 0 unspecified atom stereocenters. The number of benzene rings is 2. The molecule has 0 aliphatic carbocycles. The molecule has 0 radical (unpaired) electrons. The molecule has 7 heteroatoms. The van der Waals surface area contributed by atoms with Gasteiger partial charge < -0.3 is 5.32 Å². The zero-order chi connectivity index (χ0) is 22.0. The van der Waals surface area contributed by atoms with Crippen LogP contribution < -0.4 is 5.32 Å². The van der Waals surface area contributed by atoms with Crippen molar-refractivity contribution < 1.29 is 4.79 Å². The van der Waals surface area contributed by atoms with E-state index in [2.05, 4.69) is 65.4 Å². The molecule has 1 N–H and O–H groups in total. The number of aromatic nitrogens is 1. The van der Waals surface area contributed by atoms with Crippen LogP contribution in [0.15, 0.2) is 53.6 Å². The maximum atomic E-state index is 11.6. The molecule has 1 aliphatic heterocycles. The summed E-state index contributed by atoms with van der Waals surface area (Å²) < 4.78 is 0. The third kappa shape index (κ3) is 5.32. The lowest BCUT2D eigenvalue weighted by atomic mass is 9.98. The van der Waals surface area contributed by atoms with Crippen LogP contribution in [0.1, 0.15) is 19.4 Å². The van der Waals surface area contributed by atoms with E-state index in [9.17, 15) is 4.79 Å². The molecule has 4 rings (SSSR count). The number of amides is 1. The molecule has 0 spiro atoms. The van der Waals surface area contributed by atoms with E-state index < -0.39 is 0 Å². The first-order valence-corrected chi connectivity index (χ1v) is 12.5. The van der Waals surface area contributed by atoms with E-state index >= 15 is 0 Å². The maximum absolute atomic E-state index is 11.6. The summed E-state index contributed by atoms with van der Waals surface area (Å²) in [6.07, 6.45) is 1.92. The van der Waals surface area contributed by atoms with E-state index in [4.69, 9.17) is 11.6 Å². The number of thiazole rings is 1. The molecule has 31 heavy (non-hydrogen) atoms. The van der Waals surface area contributed by atoms with E-state index in [1.807, 2.05) is 12.3 Å². The average Bonchev–Trinajstić information content (AvgIpc) is 3.22. The molecule has 0 bridgehead atoms. The second-order valence-corrected chi connectivity index (χ2v) is 11.1. The van der Waals surface area contributed by atoms with Gasteiger partial charge in [0.1, 0.15) is 5.01 Å². The van der Waals surface area contributed by atoms with Crippen LogP contribution in [0.25, 0.3) is 21.0 Å². The van der Waals surface area contributed by atoms with E-state index in [0.29, 0.717) is 5.25 Å². The van der Waals surface area contributed by atoms with Crippen molar-refractivity contribution in [3.05, 3.63) is 59.2 Å². The second kappa shape index (κ2) is 9.74. The monoisotopic (exact) mass is 471 g/mol. The van der Waals surface area contributed by atoms with Crippen molar-refractivity contribution >= 4 is 40.6 Å². The molecule has 1 saturated heterocycles. The van der Waals surface area contributed by atoms with Crippen molar-refractivity contribution in [2.45, 2.75) is 30.5 Å². The minimum absolute atomic E-state index is 0.129. The number of halogens is 1. The molecule has 4 nitrogen and oxygen atoms in total. The minimum atomic E-state index is 0.129. The quantitative estimate of drug-likeness (QED) is 0.442. The van der Waals surface area contributed by atoms with Crippen molar-refractivity contribution in [2.24, 2.45) is 5.92 Å². The smallest absolute Gasteiger partial charge is 0.225 e. The Bertz CT molecular complexity index is 1060. The van der Waals surface area contributed by atoms with Crippen molar-refractivity contribution in [3.8, 4) is 21.0 Å². The van der Waals surface area contributed by atoms with E-state index in [-0.39, 0.29) is 11.8 Å². The van der Waals surface area contributed by atoms with Gasteiger partial charge in [-0.25, -0.2) is 4.98 Å². The standard InChI is InChI=1S/C24H26ClN3OS2/c1-15(2)30-21-9-8-18(10-20(21)25)22-11-27-24(31-22)17-6-4-16(5-7-17)12-28-13-19(14-28)23(29)26-3/h4-11,15,19H,12-14H2,1-3H3,(H,26,29). The third-order valence-corrected chi connectivity index (χ3v) is 7.87. The number of hydrogen-bond acceptors (Lipinski definition) is 5. The number of carbonyl (C=O) groups excluding carboxylic acids is 1. The predicted molar refractivity (Wildman–Crippen MR) is 132 cm³/mol. The number of hydrogen-bond donors (Lipinski definition) is 1. The Balaban J connectivity index is 1.40. The van der Waals surface area contributed by atoms with Crippen LogP contribution in [0.3, 0.4) is 0 Å². The number of nitrogens with one attached hydrogen (secondary N) is 1. The van der Waals surface area contributed by atoms with Gasteiger partial charge >= 0.3 is 0 Å². The molecule has 1 aromatic heterocycles. The summed E-state index contributed by atoms with van der Waals surface area (Å²) in [5.41, 5.74) is 3.47. The summed E-state index contributed by atoms with van der Waals surface area (Å²) in [5, 5.41) is 5.02. The summed E-state index contributed by atoms with van der Waals surface area (Å²) in [4.78, 5) is 20.8. The molecule has 2 heterocycles. The summed E-state index contributed by atoms with van der Waals surface area (Å²) in [5.74, 6) is 0.269. The minimum Gasteiger partial charge on any atom is -0.359 e. The molecule has 0 atom stereocenters. The van der Waals surface area contributed by atoms with Gasteiger partial charge in [-0.1, -0.05) is 55.8 Å². The fraction of sp³-hybridized carbons (Fsp3) is 0.333. The highest BCUT2D eigenvalue weighted by Gasteiger charge is 2.31. The Morgan fingerprint density at radius 1 is 1.23 bits per heavy atom. The van der Waals surface area contributed by atoms with Gasteiger partial charge in [0.05, 0.1) is 15.8 Å². The lowest BCUT2D eigenvalue weighted by Gasteiger charge is -2.38. The predicted octanol–water partition coefficient (Wildman–Crippen LogP) is 5.81. The van der Waals surface area contributed by atoms with Gasteiger partial charge in [-0.05, 0) is 23.3 Å². The van der Waals surface area contributed by atoms with Crippen LogP contribution in [0.4, 0.5) is 0 Å². The zero-order valence-corrected chi connectivity index (χ0v) is 20.3. The number of likely N-dealkylation sites (tertiary alicyclic amines) is 1. The van der Waals surface area contributed by atoms with Crippen LogP contribution in [-0.4, -0.2) is 41.2 Å². The number of carbonyl (C=O) groups is 1. The third-order valence-electron chi connectivity index (χ3n) is 5.27. The van der Waals surface area contributed by atoms with Crippen LogP contribution in [0.2, 0.25) is 5.02 Å².